The van der Waals surface area contributed by atoms with E-state index in [9.17, 15) is 14.3 Å². The molecule has 0 bridgehead atoms. The molecule has 2 aromatic rings. The zero-order chi connectivity index (χ0) is 14.0. The smallest absolute Gasteiger partial charge is 0.260 e. The van der Waals surface area contributed by atoms with Crippen LogP contribution >= 0.6 is 11.6 Å². The summed E-state index contributed by atoms with van der Waals surface area (Å²) in [6, 6.07) is 9.95. The Morgan fingerprint density at radius 2 is 1.84 bits per heavy atom. The maximum atomic E-state index is 13.7. The summed E-state index contributed by atoms with van der Waals surface area (Å²) in [5, 5.41) is 9.43. The maximum Gasteiger partial charge on any atom is 0.260 e. The Balaban J connectivity index is 2.30. The van der Waals surface area contributed by atoms with E-state index in [0.717, 1.165) is 6.07 Å². The molecule has 1 amide bonds. The third-order valence-electron chi connectivity index (χ3n) is 2.70. The Morgan fingerprint density at radius 3 is 2.42 bits per heavy atom. The van der Waals surface area contributed by atoms with E-state index in [2.05, 4.69) is 0 Å². The lowest BCUT2D eigenvalue weighted by Gasteiger charge is -2.17. The second-order valence-corrected chi connectivity index (χ2v) is 4.44. The molecule has 3 nitrogen and oxygen atoms in total. The van der Waals surface area contributed by atoms with Crippen molar-refractivity contribution in [3.05, 3.63) is 58.9 Å². The number of aromatic hydroxyl groups is 1. The van der Waals surface area contributed by atoms with Gasteiger partial charge in [-0.1, -0.05) is 11.6 Å². The predicted molar refractivity (Wildman–Crippen MR) is 72.3 cm³/mol. The van der Waals surface area contributed by atoms with Crippen molar-refractivity contribution < 1.29 is 14.3 Å². The summed E-state index contributed by atoms with van der Waals surface area (Å²) < 4.78 is 13.7. The summed E-state index contributed by atoms with van der Waals surface area (Å²) in [5.74, 6) is -1.05. The van der Waals surface area contributed by atoms with Crippen molar-refractivity contribution in [2.24, 2.45) is 0 Å². The van der Waals surface area contributed by atoms with E-state index in [4.69, 9.17) is 11.6 Å². The summed E-state index contributed by atoms with van der Waals surface area (Å²) in [6.45, 7) is 0. The molecule has 0 heterocycles. The number of carbonyl (C=O) groups is 1. The number of phenols is 1. The molecular formula is C14H11ClFNO2. The number of anilines is 1. The van der Waals surface area contributed by atoms with Gasteiger partial charge in [-0.05, 0) is 42.5 Å². The minimum absolute atomic E-state index is 0.0556. The molecule has 5 heteroatoms. The molecule has 0 unspecified atom stereocenters. The first-order valence-corrected chi connectivity index (χ1v) is 5.89. The van der Waals surface area contributed by atoms with E-state index in [-0.39, 0.29) is 16.3 Å². The van der Waals surface area contributed by atoms with Gasteiger partial charge in [-0.15, -0.1) is 0 Å². The highest BCUT2D eigenvalue weighted by molar-refractivity contribution is 6.30. The summed E-state index contributed by atoms with van der Waals surface area (Å²) in [6.07, 6.45) is 0. The third kappa shape index (κ3) is 2.85. The van der Waals surface area contributed by atoms with Gasteiger partial charge in [0.15, 0.2) is 0 Å². The average Bonchev–Trinajstić information content (AvgIpc) is 2.38. The fourth-order valence-corrected chi connectivity index (χ4v) is 1.80. The standard InChI is InChI=1S/C14H11ClFNO2/c1-17(10-3-5-11(18)6-4-10)14(19)12-7-2-9(15)8-13(12)16/h2-8,18H,1H3. The van der Waals surface area contributed by atoms with E-state index >= 15 is 0 Å². The first-order valence-electron chi connectivity index (χ1n) is 5.51. The van der Waals surface area contributed by atoms with E-state index in [1.165, 1.54) is 36.2 Å². The highest BCUT2D eigenvalue weighted by Crippen LogP contribution is 2.21. The molecule has 0 radical (unpaired) electrons. The number of amides is 1. The van der Waals surface area contributed by atoms with Crippen molar-refractivity contribution in [3.8, 4) is 5.75 Å². The van der Waals surface area contributed by atoms with Gasteiger partial charge in [0.1, 0.15) is 11.6 Å². The van der Waals surface area contributed by atoms with Crippen molar-refractivity contribution in [1.82, 2.24) is 0 Å². The Morgan fingerprint density at radius 1 is 1.21 bits per heavy atom. The molecule has 98 valence electrons. The molecule has 19 heavy (non-hydrogen) atoms. The van der Waals surface area contributed by atoms with Gasteiger partial charge in [0.25, 0.3) is 5.91 Å². The van der Waals surface area contributed by atoms with Crippen LogP contribution in [-0.2, 0) is 0 Å². The molecular weight excluding hydrogens is 269 g/mol. The first-order chi connectivity index (χ1) is 8.99. The quantitative estimate of drug-likeness (QED) is 0.914. The van der Waals surface area contributed by atoms with Crippen LogP contribution in [0.4, 0.5) is 10.1 Å². The fourth-order valence-electron chi connectivity index (χ4n) is 1.64. The highest BCUT2D eigenvalue weighted by atomic mass is 35.5. The van der Waals surface area contributed by atoms with Crippen LogP contribution in [-0.4, -0.2) is 18.1 Å². The minimum atomic E-state index is -0.664. The number of nitrogens with zero attached hydrogens (tertiary/aromatic N) is 1. The Bertz CT molecular complexity index is 613. The van der Waals surface area contributed by atoms with Crippen LogP contribution in [0.2, 0.25) is 5.02 Å². The van der Waals surface area contributed by atoms with E-state index in [1.807, 2.05) is 0 Å². The maximum absolute atomic E-state index is 13.7. The Hall–Kier alpha value is -2.07. The third-order valence-corrected chi connectivity index (χ3v) is 2.94. The van der Waals surface area contributed by atoms with Gasteiger partial charge in [-0.3, -0.25) is 4.79 Å². The summed E-state index contributed by atoms with van der Waals surface area (Å²) in [7, 11) is 1.53. The number of benzene rings is 2. The lowest BCUT2D eigenvalue weighted by molar-refractivity contribution is 0.0989. The monoisotopic (exact) mass is 279 g/mol. The summed E-state index contributed by atoms with van der Waals surface area (Å²) >= 11 is 5.64. The van der Waals surface area contributed by atoms with E-state index < -0.39 is 11.7 Å². The van der Waals surface area contributed by atoms with Crippen LogP contribution in [0.1, 0.15) is 10.4 Å². The fraction of sp³-hybridized carbons (Fsp3) is 0.0714. The van der Waals surface area contributed by atoms with Crippen molar-refractivity contribution in [2.75, 3.05) is 11.9 Å². The number of hydrogen-bond donors (Lipinski definition) is 1. The second kappa shape index (κ2) is 5.28. The molecule has 0 aliphatic heterocycles. The molecule has 0 atom stereocenters. The molecule has 0 aliphatic carbocycles. The van der Waals surface area contributed by atoms with Gasteiger partial charge in [0, 0.05) is 17.8 Å². The molecule has 2 rings (SSSR count). The normalized spacial score (nSPS) is 10.3. The number of hydrogen-bond acceptors (Lipinski definition) is 2. The van der Waals surface area contributed by atoms with Crippen molar-refractivity contribution in [3.63, 3.8) is 0 Å². The predicted octanol–water partition coefficient (Wildman–Crippen LogP) is 3.46. The van der Waals surface area contributed by atoms with Crippen molar-refractivity contribution in [1.29, 1.82) is 0 Å². The molecule has 0 aromatic heterocycles. The van der Waals surface area contributed by atoms with Gasteiger partial charge in [-0.25, -0.2) is 4.39 Å². The van der Waals surface area contributed by atoms with Crippen LogP contribution in [0, 0.1) is 5.82 Å². The molecule has 0 spiro atoms. The summed E-state index contributed by atoms with van der Waals surface area (Å²) in [5.41, 5.74) is 0.497. The van der Waals surface area contributed by atoms with Gasteiger partial charge >= 0.3 is 0 Å². The molecule has 0 fully saturated rings. The topological polar surface area (TPSA) is 40.5 Å². The van der Waals surface area contributed by atoms with Gasteiger partial charge in [0.05, 0.1) is 5.56 Å². The van der Waals surface area contributed by atoms with E-state index in [1.54, 1.807) is 12.1 Å². The number of carbonyl (C=O) groups excluding carboxylic acids is 1. The number of phenolic OH excluding ortho intramolecular Hbond substituents is 1. The van der Waals surface area contributed by atoms with Crippen molar-refractivity contribution >= 4 is 23.2 Å². The van der Waals surface area contributed by atoms with Gasteiger partial charge < -0.3 is 10.0 Å². The molecule has 0 saturated heterocycles. The lowest BCUT2D eigenvalue weighted by Crippen LogP contribution is -2.27. The minimum Gasteiger partial charge on any atom is -0.508 e. The molecule has 2 aromatic carbocycles. The number of rotatable bonds is 2. The second-order valence-electron chi connectivity index (χ2n) is 4.00. The van der Waals surface area contributed by atoms with Gasteiger partial charge in [-0.2, -0.15) is 0 Å². The largest absolute Gasteiger partial charge is 0.508 e. The first kappa shape index (κ1) is 13.4. The number of halogens is 2. The summed E-state index contributed by atoms with van der Waals surface area (Å²) in [4.78, 5) is 13.4. The van der Waals surface area contributed by atoms with E-state index in [0.29, 0.717) is 5.69 Å². The van der Waals surface area contributed by atoms with Crippen LogP contribution in [0.25, 0.3) is 0 Å². The Labute approximate surface area is 114 Å². The van der Waals surface area contributed by atoms with Crippen LogP contribution in [0.15, 0.2) is 42.5 Å². The highest BCUT2D eigenvalue weighted by Gasteiger charge is 2.17. The average molecular weight is 280 g/mol. The SMILES string of the molecule is CN(C(=O)c1ccc(Cl)cc1F)c1ccc(O)cc1. The zero-order valence-electron chi connectivity index (χ0n) is 10.1. The van der Waals surface area contributed by atoms with Crippen molar-refractivity contribution in [2.45, 2.75) is 0 Å². The zero-order valence-corrected chi connectivity index (χ0v) is 10.9. The molecule has 0 saturated carbocycles. The molecule has 1 N–H and O–H groups in total. The van der Waals surface area contributed by atoms with Gasteiger partial charge in [0.2, 0.25) is 0 Å². The van der Waals surface area contributed by atoms with Crippen LogP contribution < -0.4 is 4.90 Å². The van der Waals surface area contributed by atoms with Crippen LogP contribution in [0.5, 0.6) is 5.75 Å². The Kier molecular flexibility index (Phi) is 3.71. The molecule has 0 aliphatic rings. The lowest BCUT2D eigenvalue weighted by atomic mass is 10.1. The van der Waals surface area contributed by atoms with Crippen LogP contribution in [0.3, 0.4) is 0 Å².